The molecule has 1 atom stereocenters. The quantitative estimate of drug-likeness (QED) is 0.828. The van der Waals surface area contributed by atoms with E-state index in [1.807, 2.05) is 0 Å². The van der Waals surface area contributed by atoms with E-state index >= 15 is 0 Å². The van der Waals surface area contributed by atoms with Crippen LogP contribution in [0.3, 0.4) is 0 Å². The van der Waals surface area contributed by atoms with Gasteiger partial charge in [-0.15, -0.1) is 0 Å². The van der Waals surface area contributed by atoms with Gasteiger partial charge in [-0.2, -0.15) is 4.98 Å². The standard InChI is InChI=1S/C9H12F2N2O2/c1-5(4-14-2)15-9-7(11)3-6(10)8(12)13-9/h3,5H,4H2,1-2H3,(H2,12,13). The molecule has 0 fully saturated rings. The van der Waals surface area contributed by atoms with Crippen LogP contribution in [0.15, 0.2) is 6.07 Å². The van der Waals surface area contributed by atoms with Crippen molar-refractivity contribution >= 4 is 5.82 Å². The van der Waals surface area contributed by atoms with Gasteiger partial charge in [-0.1, -0.05) is 0 Å². The summed E-state index contributed by atoms with van der Waals surface area (Å²) in [7, 11) is 1.49. The van der Waals surface area contributed by atoms with Gasteiger partial charge in [0.1, 0.15) is 6.10 Å². The Balaban J connectivity index is 2.81. The first-order valence-electron chi connectivity index (χ1n) is 4.31. The van der Waals surface area contributed by atoms with Crippen molar-refractivity contribution in [2.24, 2.45) is 0 Å². The molecule has 0 bridgehead atoms. The molecule has 84 valence electrons. The number of hydrogen-bond acceptors (Lipinski definition) is 4. The summed E-state index contributed by atoms with van der Waals surface area (Å²) in [6.07, 6.45) is -0.387. The smallest absolute Gasteiger partial charge is 0.252 e. The number of pyridine rings is 1. The molecule has 0 aliphatic carbocycles. The summed E-state index contributed by atoms with van der Waals surface area (Å²) in [5, 5.41) is 0. The molecule has 0 radical (unpaired) electrons. The van der Waals surface area contributed by atoms with Crippen molar-refractivity contribution in [1.29, 1.82) is 0 Å². The monoisotopic (exact) mass is 218 g/mol. The average molecular weight is 218 g/mol. The van der Waals surface area contributed by atoms with Crippen LogP contribution in [0.5, 0.6) is 5.88 Å². The van der Waals surface area contributed by atoms with Crippen molar-refractivity contribution in [3.8, 4) is 5.88 Å². The van der Waals surface area contributed by atoms with Crippen LogP contribution >= 0.6 is 0 Å². The summed E-state index contributed by atoms with van der Waals surface area (Å²) < 4.78 is 35.7. The summed E-state index contributed by atoms with van der Waals surface area (Å²) in [6, 6.07) is 0.636. The van der Waals surface area contributed by atoms with Crippen LogP contribution in [0.4, 0.5) is 14.6 Å². The van der Waals surface area contributed by atoms with Crippen LogP contribution in [0.25, 0.3) is 0 Å². The highest BCUT2D eigenvalue weighted by Gasteiger charge is 2.13. The van der Waals surface area contributed by atoms with E-state index in [9.17, 15) is 8.78 Å². The molecule has 0 saturated carbocycles. The van der Waals surface area contributed by atoms with Crippen molar-refractivity contribution in [1.82, 2.24) is 4.98 Å². The zero-order valence-corrected chi connectivity index (χ0v) is 8.46. The predicted molar refractivity (Wildman–Crippen MR) is 50.5 cm³/mol. The number of halogens is 2. The molecule has 4 nitrogen and oxygen atoms in total. The van der Waals surface area contributed by atoms with E-state index in [-0.39, 0.29) is 18.6 Å². The number of anilines is 1. The van der Waals surface area contributed by atoms with E-state index in [1.54, 1.807) is 6.92 Å². The van der Waals surface area contributed by atoms with Crippen LogP contribution in [0, 0.1) is 11.6 Å². The summed E-state index contributed by atoms with van der Waals surface area (Å²) in [5.41, 5.74) is 5.18. The molecule has 1 rings (SSSR count). The van der Waals surface area contributed by atoms with Crippen molar-refractivity contribution in [2.45, 2.75) is 13.0 Å². The Morgan fingerprint density at radius 2 is 2.13 bits per heavy atom. The van der Waals surface area contributed by atoms with Crippen molar-refractivity contribution in [3.05, 3.63) is 17.7 Å². The van der Waals surface area contributed by atoms with Gasteiger partial charge in [0.05, 0.1) is 6.61 Å². The molecule has 6 heteroatoms. The maximum Gasteiger partial charge on any atom is 0.252 e. The van der Waals surface area contributed by atoms with Crippen LogP contribution in [0.1, 0.15) is 6.92 Å². The zero-order valence-electron chi connectivity index (χ0n) is 8.46. The van der Waals surface area contributed by atoms with Gasteiger partial charge in [0.15, 0.2) is 17.5 Å². The summed E-state index contributed by atoms with van der Waals surface area (Å²) in [6.45, 7) is 1.95. The molecule has 0 spiro atoms. The lowest BCUT2D eigenvalue weighted by Crippen LogP contribution is -2.19. The number of methoxy groups -OCH3 is 1. The van der Waals surface area contributed by atoms with Crippen LogP contribution < -0.4 is 10.5 Å². The number of aromatic nitrogens is 1. The van der Waals surface area contributed by atoms with E-state index in [4.69, 9.17) is 15.2 Å². The third-order valence-electron chi connectivity index (χ3n) is 1.64. The minimum atomic E-state index is -0.903. The molecule has 1 unspecified atom stereocenters. The fraction of sp³-hybridized carbons (Fsp3) is 0.444. The minimum Gasteiger partial charge on any atom is -0.470 e. The third kappa shape index (κ3) is 3.02. The maximum atomic E-state index is 13.1. The number of ether oxygens (including phenoxy) is 2. The Labute approximate surface area is 86.0 Å². The zero-order chi connectivity index (χ0) is 11.4. The van der Waals surface area contributed by atoms with Crippen molar-refractivity contribution in [2.75, 3.05) is 19.5 Å². The molecule has 0 amide bonds. The second-order valence-electron chi connectivity index (χ2n) is 3.03. The molecular formula is C9H12F2N2O2. The van der Waals surface area contributed by atoms with E-state index in [0.29, 0.717) is 6.07 Å². The Kier molecular flexibility index (Phi) is 3.79. The molecule has 1 heterocycles. The number of nitrogens with zero attached hydrogens (tertiary/aromatic N) is 1. The second-order valence-corrected chi connectivity index (χ2v) is 3.03. The van der Waals surface area contributed by atoms with Gasteiger partial charge in [0.2, 0.25) is 0 Å². The van der Waals surface area contributed by atoms with Gasteiger partial charge in [-0.3, -0.25) is 0 Å². The van der Waals surface area contributed by atoms with Gasteiger partial charge in [-0.05, 0) is 6.92 Å². The lowest BCUT2D eigenvalue weighted by Gasteiger charge is -2.13. The van der Waals surface area contributed by atoms with Crippen LogP contribution in [-0.2, 0) is 4.74 Å². The van der Waals surface area contributed by atoms with Gasteiger partial charge in [0, 0.05) is 13.2 Å². The predicted octanol–water partition coefficient (Wildman–Crippen LogP) is 1.36. The van der Waals surface area contributed by atoms with Crippen LogP contribution in [-0.4, -0.2) is 24.8 Å². The lowest BCUT2D eigenvalue weighted by atomic mass is 10.4. The molecule has 0 aromatic carbocycles. The second kappa shape index (κ2) is 4.88. The van der Waals surface area contributed by atoms with E-state index in [0.717, 1.165) is 0 Å². The number of hydrogen-bond donors (Lipinski definition) is 1. The minimum absolute atomic E-state index is 0.276. The molecule has 1 aromatic rings. The number of nitrogen functional groups attached to an aromatic ring is 1. The Morgan fingerprint density at radius 3 is 2.73 bits per heavy atom. The van der Waals surface area contributed by atoms with Crippen molar-refractivity contribution in [3.63, 3.8) is 0 Å². The molecule has 1 aromatic heterocycles. The Morgan fingerprint density at radius 1 is 1.47 bits per heavy atom. The van der Waals surface area contributed by atoms with E-state index in [1.165, 1.54) is 7.11 Å². The van der Waals surface area contributed by atoms with E-state index < -0.39 is 17.5 Å². The van der Waals surface area contributed by atoms with Gasteiger partial charge in [0.25, 0.3) is 5.88 Å². The first-order chi connectivity index (χ1) is 7.04. The van der Waals surface area contributed by atoms with Gasteiger partial charge in [-0.25, -0.2) is 8.78 Å². The highest BCUT2D eigenvalue weighted by atomic mass is 19.1. The summed E-state index contributed by atoms with van der Waals surface area (Å²) in [5.74, 6) is -2.50. The van der Waals surface area contributed by atoms with Gasteiger partial charge >= 0.3 is 0 Å². The summed E-state index contributed by atoms with van der Waals surface area (Å²) in [4.78, 5) is 3.44. The topological polar surface area (TPSA) is 57.4 Å². The molecule has 15 heavy (non-hydrogen) atoms. The third-order valence-corrected chi connectivity index (χ3v) is 1.64. The van der Waals surface area contributed by atoms with Gasteiger partial charge < -0.3 is 15.2 Å². The first kappa shape index (κ1) is 11.6. The first-order valence-corrected chi connectivity index (χ1v) is 4.31. The highest BCUT2D eigenvalue weighted by molar-refractivity contribution is 5.34. The highest BCUT2D eigenvalue weighted by Crippen LogP contribution is 2.19. The molecule has 0 aliphatic rings. The van der Waals surface area contributed by atoms with Crippen molar-refractivity contribution < 1.29 is 18.3 Å². The molecular weight excluding hydrogens is 206 g/mol. The average Bonchev–Trinajstić information content (AvgIpc) is 2.14. The number of rotatable bonds is 4. The maximum absolute atomic E-state index is 13.1. The largest absolute Gasteiger partial charge is 0.470 e. The normalized spacial score (nSPS) is 12.5. The SMILES string of the molecule is COCC(C)Oc1nc(N)c(F)cc1F. The molecule has 0 saturated heterocycles. The fourth-order valence-corrected chi connectivity index (χ4v) is 1.01. The summed E-state index contributed by atoms with van der Waals surface area (Å²) >= 11 is 0. The molecule has 2 N–H and O–H groups in total. The van der Waals surface area contributed by atoms with Crippen LogP contribution in [0.2, 0.25) is 0 Å². The lowest BCUT2D eigenvalue weighted by molar-refractivity contribution is 0.0858. The Bertz CT molecular complexity index is 347. The fourth-order valence-electron chi connectivity index (χ4n) is 1.01. The van der Waals surface area contributed by atoms with E-state index in [2.05, 4.69) is 4.98 Å². The Hall–Kier alpha value is -1.43. The number of nitrogens with two attached hydrogens (primary N) is 1. The molecule has 0 aliphatic heterocycles.